The molecule has 0 radical (unpaired) electrons. The van der Waals surface area contributed by atoms with Crippen LogP contribution in [0.2, 0.25) is 0 Å². The maximum atomic E-state index is 12.3. The Morgan fingerprint density at radius 2 is 1.88 bits per heavy atom. The summed E-state index contributed by atoms with van der Waals surface area (Å²) in [5.74, 6) is 0.637. The van der Waals surface area contributed by atoms with Crippen molar-refractivity contribution >= 4 is 5.91 Å². The molecule has 1 amide bonds. The number of rotatable bonds is 8. The third-order valence-corrected chi connectivity index (χ3v) is 5.11. The van der Waals surface area contributed by atoms with Crippen LogP contribution in [0.25, 0.3) is 0 Å². The second-order valence-corrected chi connectivity index (χ2v) is 7.86. The van der Waals surface area contributed by atoms with Gasteiger partial charge >= 0.3 is 0 Å². The average molecular weight is 360 g/mol. The Hall–Kier alpha value is -1.43. The van der Waals surface area contributed by atoms with E-state index in [0.717, 1.165) is 19.6 Å². The summed E-state index contributed by atoms with van der Waals surface area (Å²) in [5, 5.41) is 3.03. The molecule has 5 heteroatoms. The van der Waals surface area contributed by atoms with E-state index in [0.29, 0.717) is 19.1 Å². The Balaban J connectivity index is 1.52. The minimum Gasteiger partial charge on any atom is -0.373 e. The smallest absolute Gasteiger partial charge is 0.249 e. The molecule has 1 aromatic rings. The van der Waals surface area contributed by atoms with Crippen molar-refractivity contribution in [2.75, 3.05) is 19.7 Å². The Morgan fingerprint density at radius 3 is 2.54 bits per heavy atom. The Labute approximate surface area is 157 Å². The van der Waals surface area contributed by atoms with Crippen molar-refractivity contribution < 1.29 is 14.3 Å². The molecule has 0 aromatic heterocycles. The number of morpholine rings is 1. The lowest BCUT2D eigenvalue weighted by Crippen LogP contribution is -2.45. The zero-order valence-corrected chi connectivity index (χ0v) is 16.2. The van der Waals surface area contributed by atoms with Gasteiger partial charge in [0.25, 0.3) is 0 Å². The number of nitrogens with zero attached hydrogens (tertiary/aromatic N) is 1. The van der Waals surface area contributed by atoms with Crippen LogP contribution >= 0.6 is 0 Å². The van der Waals surface area contributed by atoms with Crippen molar-refractivity contribution in [2.45, 2.75) is 65.0 Å². The first-order chi connectivity index (χ1) is 12.5. The van der Waals surface area contributed by atoms with E-state index in [4.69, 9.17) is 9.47 Å². The molecule has 0 bridgehead atoms. The third kappa shape index (κ3) is 5.79. The van der Waals surface area contributed by atoms with E-state index in [1.165, 1.54) is 24.0 Å². The van der Waals surface area contributed by atoms with Crippen molar-refractivity contribution in [1.82, 2.24) is 10.2 Å². The van der Waals surface area contributed by atoms with E-state index in [1.807, 2.05) is 13.0 Å². The molecule has 1 saturated carbocycles. The molecular weight excluding hydrogens is 328 g/mol. The number of nitrogens with one attached hydrogen (secondary N) is 1. The largest absolute Gasteiger partial charge is 0.373 e. The van der Waals surface area contributed by atoms with Gasteiger partial charge in [-0.05, 0) is 50.7 Å². The van der Waals surface area contributed by atoms with Crippen molar-refractivity contribution in [3.63, 3.8) is 0 Å². The molecule has 1 aromatic carbocycles. The van der Waals surface area contributed by atoms with Gasteiger partial charge in [-0.15, -0.1) is 0 Å². The zero-order chi connectivity index (χ0) is 18.5. The molecule has 1 aliphatic heterocycles. The number of benzene rings is 1. The maximum absolute atomic E-state index is 12.3. The first-order valence-corrected chi connectivity index (χ1v) is 9.85. The molecule has 2 fully saturated rings. The summed E-state index contributed by atoms with van der Waals surface area (Å²) in [5.41, 5.74) is 2.43. The lowest BCUT2D eigenvalue weighted by molar-refractivity contribution is -0.132. The highest BCUT2D eigenvalue weighted by molar-refractivity contribution is 5.80. The van der Waals surface area contributed by atoms with Gasteiger partial charge in [0.05, 0.1) is 18.8 Å². The summed E-state index contributed by atoms with van der Waals surface area (Å²) in [6.45, 7) is 10.1. The van der Waals surface area contributed by atoms with Gasteiger partial charge in [-0.3, -0.25) is 9.69 Å². The summed E-state index contributed by atoms with van der Waals surface area (Å²) in [4.78, 5) is 14.7. The van der Waals surface area contributed by atoms with Gasteiger partial charge in [-0.2, -0.15) is 0 Å². The maximum Gasteiger partial charge on any atom is 0.249 e. The summed E-state index contributed by atoms with van der Waals surface area (Å²) in [6.07, 6.45) is 2.61. The Bertz CT molecular complexity index is 593. The molecule has 1 aliphatic carbocycles. The molecular formula is C21H32N2O3. The normalized spacial score (nSPS) is 25.0. The van der Waals surface area contributed by atoms with Gasteiger partial charge in [0.15, 0.2) is 0 Å². The van der Waals surface area contributed by atoms with Gasteiger partial charge in [-0.25, -0.2) is 0 Å². The summed E-state index contributed by atoms with van der Waals surface area (Å²) < 4.78 is 11.5. The highest BCUT2D eigenvalue weighted by atomic mass is 16.5. The quantitative estimate of drug-likeness (QED) is 0.774. The van der Waals surface area contributed by atoms with Crippen molar-refractivity contribution in [3.8, 4) is 0 Å². The lowest BCUT2D eigenvalue weighted by atomic mass is 10.1. The summed E-state index contributed by atoms with van der Waals surface area (Å²) in [7, 11) is 0. The van der Waals surface area contributed by atoms with Crippen LogP contribution < -0.4 is 5.32 Å². The molecule has 0 spiro atoms. The molecule has 1 saturated heterocycles. The number of amides is 1. The fraction of sp³-hybridized carbons (Fsp3) is 0.667. The Morgan fingerprint density at radius 1 is 1.23 bits per heavy atom. The van der Waals surface area contributed by atoms with E-state index in [-0.39, 0.29) is 24.2 Å². The Kier molecular flexibility index (Phi) is 6.68. The fourth-order valence-corrected chi connectivity index (χ4v) is 3.51. The molecule has 5 nitrogen and oxygen atoms in total. The number of hydrogen-bond acceptors (Lipinski definition) is 4. The van der Waals surface area contributed by atoms with Gasteiger partial charge in [0, 0.05) is 26.2 Å². The molecule has 3 atom stereocenters. The first kappa shape index (κ1) is 19.3. The van der Waals surface area contributed by atoms with Crippen molar-refractivity contribution in [3.05, 3.63) is 35.4 Å². The van der Waals surface area contributed by atoms with Gasteiger partial charge in [0.1, 0.15) is 6.10 Å². The second kappa shape index (κ2) is 8.98. The standard InChI is InChI=1S/C21H32N2O3/c1-15-11-23(12-16(2)26-15)13-20-7-5-4-6-19(20)10-22-21(24)17(3)25-14-18-8-9-18/h4-7,15-18H,8-14H2,1-3H3,(H,22,24)/t15-,16-,17+/m1/s1. The van der Waals surface area contributed by atoms with Crippen molar-refractivity contribution in [2.24, 2.45) is 5.92 Å². The molecule has 1 heterocycles. The van der Waals surface area contributed by atoms with Gasteiger partial charge < -0.3 is 14.8 Å². The van der Waals surface area contributed by atoms with E-state index in [2.05, 4.69) is 42.3 Å². The highest BCUT2D eigenvalue weighted by Gasteiger charge is 2.24. The van der Waals surface area contributed by atoms with E-state index >= 15 is 0 Å². The lowest BCUT2D eigenvalue weighted by Gasteiger charge is -2.35. The molecule has 0 unspecified atom stereocenters. The van der Waals surface area contributed by atoms with Crippen LogP contribution in [0.15, 0.2) is 24.3 Å². The summed E-state index contributed by atoms with van der Waals surface area (Å²) in [6, 6.07) is 8.34. The second-order valence-electron chi connectivity index (χ2n) is 7.86. The molecule has 2 aliphatic rings. The van der Waals surface area contributed by atoms with E-state index < -0.39 is 0 Å². The first-order valence-electron chi connectivity index (χ1n) is 9.85. The zero-order valence-electron chi connectivity index (χ0n) is 16.2. The van der Waals surface area contributed by atoms with Gasteiger partial charge in [-0.1, -0.05) is 24.3 Å². The van der Waals surface area contributed by atoms with Crippen LogP contribution in [0.5, 0.6) is 0 Å². The van der Waals surface area contributed by atoms with Crippen molar-refractivity contribution in [1.29, 1.82) is 0 Å². The third-order valence-electron chi connectivity index (χ3n) is 5.11. The molecule has 1 N–H and O–H groups in total. The van der Waals surface area contributed by atoms with E-state index in [1.54, 1.807) is 0 Å². The molecule has 144 valence electrons. The monoisotopic (exact) mass is 360 g/mol. The van der Waals surface area contributed by atoms with Crippen LogP contribution in [0.1, 0.15) is 44.7 Å². The number of carbonyl (C=O) groups excluding carboxylic acids is 1. The van der Waals surface area contributed by atoms with Crippen LogP contribution in [-0.2, 0) is 27.4 Å². The molecule has 3 rings (SSSR count). The van der Waals surface area contributed by atoms with E-state index in [9.17, 15) is 4.79 Å². The highest BCUT2D eigenvalue weighted by Crippen LogP contribution is 2.29. The fourth-order valence-electron chi connectivity index (χ4n) is 3.51. The predicted octanol–water partition coefficient (Wildman–Crippen LogP) is 2.73. The number of hydrogen-bond donors (Lipinski definition) is 1. The van der Waals surface area contributed by atoms with Gasteiger partial charge in [0.2, 0.25) is 5.91 Å². The minimum atomic E-state index is -0.385. The van der Waals surface area contributed by atoms with Crippen LogP contribution in [0.3, 0.4) is 0 Å². The summed E-state index contributed by atoms with van der Waals surface area (Å²) >= 11 is 0. The predicted molar refractivity (Wildman–Crippen MR) is 102 cm³/mol. The average Bonchev–Trinajstić information content (AvgIpc) is 3.42. The topological polar surface area (TPSA) is 50.8 Å². The van der Waals surface area contributed by atoms with Crippen LogP contribution in [0, 0.1) is 5.92 Å². The molecule has 26 heavy (non-hydrogen) atoms. The van der Waals surface area contributed by atoms with Crippen LogP contribution in [-0.4, -0.2) is 48.8 Å². The number of carbonyl (C=O) groups is 1. The SMILES string of the molecule is C[C@@H]1CN(Cc2ccccc2CNC(=O)[C@H](C)OCC2CC2)C[C@@H](C)O1. The minimum absolute atomic E-state index is 0.0333. The number of ether oxygens (including phenoxy) is 2. The van der Waals surface area contributed by atoms with Crippen LogP contribution in [0.4, 0.5) is 0 Å².